The maximum Gasteiger partial charge on any atom is 0.405 e. The first-order valence-corrected chi connectivity index (χ1v) is 7.92. The molecule has 0 aliphatic heterocycles. The minimum absolute atomic E-state index is 0.348. The van der Waals surface area contributed by atoms with Gasteiger partial charge in [0.1, 0.15) is 5.82 Å². The second-order valence-corrected chi connectivity index (χ2v) is 6.22. The van der Waals surface area contributed by atoms with Crippen LogP contribution in [-0.2, 0) is 0 Å². The Hall–Kier alpha value is -2.89. The number of hydrogen-bond donors (Lipinski definition) is 3. The van der Waals surface area contributed by atoms with E-state index in [2.05, 4.69) is 34.1 Å². The van der Waals surface area contributed by atoms with Crippen LogP contribution < -0.4 is 5.32 Å². The molecule has 3 N–H and O–H groups in total. The number of carboxylic acid groups (broad SMARTS) is 1. The fourth-order valence-electron chi connectivity index (χ4n) is 2.77. The number of aromatic nitrogens is 3. The van der Waals surface area contributed by atoms with E-state index >= 15 is 0 Å². The van der Waals surface area contributed by atoms with Gasteiger partial charge in [0.25, 0.3) is 0 Å². The molecule has 1 aromatic carbocycles. The molecule has 1 unspecified atom stereocenters. The third-order valence-corrected chi connectivity index (χ3v) is 3.85. The van der Waals surface area contributed by atoms with E-state index in [0.29, 0.717) is 18.2 Å². The van der Waals surface area contributed by atoms with Crippen LogP contribution in [0, 0.1) is 5.92 Å². The summed E-state index contributed by atoms with van der Waals surface area (Å²) in [6, 6.07) is 9.53. The molecule has 0 radical (unpaired) electrons. The van der Waals surface area contributed by atoms with E-state index in [1.165, 1.54) is 0 Å². The summed E-state index contributed by atoms with van der Waals surface area (Å²) in [4.78, 5) is 22.9. The summed E-state index contributed by atoms with van der Waals surface area (Å²) in [5, 5.41) is 11.6. The molecule has 6 nitrogen and oxygen atoms in total. The highest BCUT2D eigenvalue weighted by Crippen LogP contribution is 2.26. The van der Waals surface area contributed by atoms with Gasteiger partial charge in [0.15, 0.2) is 0 Å². The average Bonchev–Trinajstić information content (AvgIpc) is 2.97. The van der Waals surface area contributed by atoms with Crippen LogP contribution >= 0.6 is 0 Å². The minimum atomic E-state index is -1.04. The van der Waals surface area contributed by atoms with Gasteiger partial charge in [0, 0.05) is 12.4 Å². The number of hydrogen-bond acceptors (Lipinski definition) is 3. The van der Waals surface area contributed by atoms with Gasteiger partial charge in [0.2, 0.25) is 0 Å². The number of nitrogens with zero attached hydrogens (tertiary/aromatic N) is 2. The third kappa shape index (κ3) is 3.53. The molecule has 0 bridgehead atoms. The Bertz CT molecular complexity index is 843. The number of H-pyrrole nitrogens is 1. The summed E-state index contributed by atoms with van der Waals surface area (Å²) in [5.41, 5.74) is 3.83. The molecule has 0 aliphatic rings. The van der Waals surface area contributed by atoms with Crippen LogP contribution in [0.3, 0.4) is 0 Å². The van der Waals surface area contributed by atoms with Crippen molar-refractivity contribution >= 4 is 17.1 Å². The quantitative estimate of drug-likeness (QED) is 0.662. The lowest BCUT2D eigenvalue weighted by atomic mass is 10.0. The van der Waals surface area contributed by atoms with Crippen molar-refractivity contribution in [3.8, 4) is 11.1 Å². The van der Waals surface area contributed by atoms with Gasteiger partial charge < -0.3 is 15.4 Å². The summed E-state index contributed by atoms with van der Waals surface area (Å²) in [6.45, 7) is 4.11. The zero-order valence-electron chi connectivity index (χ0n) is 13.7. The first kappa shape index (κ1) is 16.0. The topological polar surface area (TPSA) is 90.9 Å². The van der Waals surface area contributed by atoms with Crippen molar-refractivity contribution in [3.05, 3.63) is 48.5 Å². The van der Waals surface area contributed by atoms with Crippen LogP contribution in [0.15, 0.2) is 42.7 Å². The molecule has 3 rings (SSSR count). The van der Waals surface area contributed by atoms with E-state index in [0.717, 1.165) is 22.2 Å². The van der Waals surface area contributed by atoms with Gasteiger partial charge in [-0.3, -0.25) is 4.98 Å². The lowest BCUT2D eigenvalue weighted by Gasteiger charge is -2.16. The predicted molar refractivity (Wildman–Crippen MR) is 92.7 cm³/mol. The summed E-state index contributed by atoms with van der Waals surface area (Å²) in [6.07, 6.45) is 3.15. The molecule has 1 amide bonds. The van der Waals surface area contributed by atoms with Crippen molar-refractivity contribution in [1.29, 1.82) is 0 Å². The lowest BCUT2D eigenvalue weighted by molar-refractivity contribution is 0.187. The molecule has 2 heterocycles. The van der Waals surface area contributed by atoms with Crippen molar-refractivity contribution in [3.63, 3.8) is 0 Å². The van der Waals surface area contributed by atoms with Gasteiger partial charge in [-0.15, -0.1) is 0 Å². The van der Waals surface area contributed by atoms with Crippen LogP contribution in [0.5, 0.6) is 0 Å². The summed E-state index contributed by atoms with van der Waals surface area (Å²) in [5.74, 6) is 0.996. The normalized spacial score (nSPS) is 12.5. The van der Waals surface area contributed by atoms with Crippen molar-refractivity contribution in [1.82, 2.24) is 20.3 Å². The predicted octanol–water partition coefficient (Wildman–Crippen LogP) is 3.98. The number of carbonyl (C=O) groups is 1. The molecule has 24 heavy (non-hydrogen) atoms. The standard InChI is InChI=1S/C18H20N4O2/c1-11(2)9-16(22-18(23)24)17-20-14-4-3-13(10-15(14)21-17)12-5-7-19-8-6-12/h3-8,10-11,16,22H,9H2,1-2H3,(H,20,21)(H,23,24). The maximum absolute atomic E-state index is 11.1. The van der Waals surface area contributed by atoms with Crippen molar-refractivity contribution in [2.45, 2.75) is 26.3 Å². The van der Waals surface area contributed by atoms with Crippen LogP contribution in [0.4, 0.5) is 4.79 Å². The summed E-state index contributed by atoms with van der Waals surface area (Å²) < 4.78 is 0. The Kier molecular flexibility index (Phi) is 4.46. The molecule has 3 aromatic rings. The van der Waals surface area contributed by atoms with Gasteiger partial charge in [-0.2, -0.15) is 0 Å². The van der Waals surface area contributed by atoms with E-state index < -0.39 is 6.09 Å². The molecule has 0 saturated heterocycles. The van der Waals surface area contributed by atoms with Gasteiger partial charge >= 0.3 is 6.09 Å². The highest BCUT2D eigenvalue weighted by Gasteiger charge is 2.19. The highest BCUT2D eigenvalue weighted by molar-refractivity contribution is 5.82. The van der Waals surface area contributed by atoms with E-state index in [4.69, 9.17) is 5.11 Å². The molecule has 6 heteroatoms. The number of fused-ring (bicyclic) bond motifs is 1. The minimum Gasteiger partial charge on any atom is -0.465 e. The molecule has 0 spiro atoms. The molecule has 0 aliphatic carbocycles. The second kappa shape index (κ2) is 6.70. The van der Waals surface area contributed by atoms with Crippen molar-refractivity contribution in [2.24, 2.45) is 5.92 Å². The third-order valence-electron chi connectivity index (χ3n) is 3.85. The van der Waals surface area contributed by atoms with Crippen LogP contribution in [0.1, 0.15) is 32.1 Å². The molecular weight excluding hydrogens is 304 g/mol. The Morgan fingerprint density at radius 2 is 1.96 bits per heavy atom. The summed E-state index contributed by atoms with van der Waals surface area (Å²) in [7, 11) is 0. The second-order valence-electron chi connectivity index (χ2n) is 6.22. The first-order valence-electron chi connectivity index (χ1n) is 7.92. The van der Waals surface area contributed by atoms with Crippen molar-refractivity contribution in [2.75, 3.05) is 0 Å². The van der Waals surface area contributed by atoms with Crippen LogP contribution in [0.25, 0.3) is 22.2 Å². The maximum atomic E-state index is 11.1. The van der Waals surface area contributed by atoms with E-state index in [-0.39, 0.29) is 6.04 Å². The fraction of sp³-hybridized carbons (Fsp3) is 0.278. The van der Waals surface area contributed by atoms with Crippen molar-refractivity contribution < 1.29 is 9.90 Å². The van der Waals surface area contributed by atoms with Crippen LogP contribution in [-0.4, -0.2) is 26.2 Å². The number of nitrogens with one attached hydrogen (secondary N) is 2. The number of pyridine rings is 1. The Balaban J connectivity index is 1.96. The molecule has 1 atom stereocenters. The fourth-order valence-corrected chi connectivity index (χ4v) is 2.77. The highest BCUT2D eigenvalue weighted by atomic mass is 16.4. The number of rotatable bonds is 5. The number of imidazole rings is 1. The number of amides is 1. The van der Waals surface area contributed by atoms with E-state index in [9.17, 15) is 4.79 Å². The number of aromatic amines is 1. The van der Waals surface area contributed by atoms with Gasteiger partial charge in [-0.05, 0) is 47.7 Å². The van der Waals surface area contributed by atoms with E-state index in [1.54, 1.807) is 12.4 Å². The van der Waals surface area contributed by atoms with Gasteiger partial charge in [0.05, 0.1) is 17.1 Å². The zero-order chi connectivity index (χ0) is 17.1. The molecule has 0 fully saturated rings. The lowest BCUT2D eigenvalue weighted by Crippen LogP contribution is -2.28. The van der Waals surface area contributed by atoms with Gasteiger partial charge in [-0.1, -0.05) is 19.9 Å². The smallest absolute Gasteiger partial charge is 0.405 e. The molecule has 124 valence electrons. The molecule has 2 aromatic heterocycles. The first-order chi connectivity index (χ1) is 11.5. The van der Waals surface area contributed by atoms with Gasteiger partial charge in [-0.25, -0.2) is 9.78 Å². The van der Waals surface area contributed by atoms with Crippen LogP contribution in [0.2, 0.25) is 0 Å². The Labute approximate surface area is 140 Å². The average molecular weight is 324 g/mol. The Morgan fingerprint density at radius 3 is 2.62 bits per heavy atom. The molecular formula is C18H20N4O2. The molecule has 0 saturated carbocycles. The monoisotopic (exact) mass is 324 g/mol. The summed E-state index contributed by atoms with van der Waals surface area (Å²) >= 11 is 0. The SMILES string of the molecule is CC(C)CC(NC(=O)O)c1nc2cc(-c3ccncc3)ccc2[nH]1. The number of benzene rings is 1. The Morgan fingerprint density at radius 1 is 1.21 bits per heavy atom. The zero-order valence-corrected chi connectivity index (χ0v) is 13.7. The van der Waals surface area contributed by atoms with E-state index in [1.807, 2.05) is 30.3 Å². The largest absolute Gasteiger partial charge is 0.465 e.